The van der Waals surface area contributed by atoms with Crippen LogP contribution in [-0.4, -0.2) is 16.7 Å². The van der Waals surface area contributed by atoms with E-state index in [2.05, 4.69) is 10.3 Å². The number of para-hydroxylation sites is 1. The maximum Gasteiger partial charge on any atom is 0.296 e. The van der Waals surface area contributed by atoms with Gasteiger partial charge < -0.3 is 10.3 Å². The molecule has 5 heteroatoms. The molecule has 0 fully saturated rings. The molecule has 2 aromatic carbocycles. The fourth-order valence-electron chi connectivity index (χ4n) is 2.24. The Hall–Kier alpha value is -2.59. The Bertz CT molecular complexity index is 883. The lowest BCUT2D eigenvalue weighted by Crippen LogP contribution is -2.22. The van der Waals surface area contributed by atoms with Gasteiger partial charge in [0, 0.05) is 27.8 Å². The van der Waals surface area contributed by atoms with E-state index in [0.29, 0.717) is 16.3 Å². The molecule has 110 valence electrons. The van der Waals surface area contributed by atoms with E-state index in [9.17, 15) is 9.59 Å². The van der Waals surface area contributed by atoms with Crippen molar-refractivity contribution in [3.8, 4) is 0 Å². The first kappa shape index (κ1) is 14.4. The molecule has 2 N–H and O–H groups in total. The third-order valence-corrected chi connectivity index (χ3v) is 3.88. The van der Waals surface area contributed by atoms with E-state index in [-0.39, 0.29) is 0 Å². The van der Waals surface area contributed by atoms with Crippen LogP contribution in [0.2, 0.25) is 5.02 Å². The number of Topliss-reactive ketones (excluding diaryl/α,β-unsaturated/α-hetero) is 1. The maximum atomic E-state index is 12.3. The molecule has 0 spiro atoms. The van der Waals surface area contributed by atoms with Gasteiger partial charge >= 0.3 is 0 Å². The minimum Gasteiger partial charge on any atom is -0.360 e. The molecule has 0 bridgehead atoms. The number of nitrogens with one attached hydrogen (secondary N) is 2. The third-order valence-electron chi connectivity index (χ3n) is 3.47. The number of benzene rings is 2. The normalized spacial score (nSPS) is 10.6. The third kappa shape index (κ3) is 2.61. The molecular formula is C17H13ClN2O2. The second-order valence-electron chi connectivity index (χ2n) is 5.00. The van der Waals surface area contributed by atoms with Gasteiger partial charge in [-0.3, -0.25) is 9.59 Å². The van der Waals surface area contributed by atoms with Crippen molar-refractivity contribution in [2.75, 3.05) is 5.32 Å². The van der Waals surface area contributed by atoms with Crippen molar-refractivity contribution >= 4 is 39.9 Å². The summed E-state index contributed by atoms with van der Waals surface area (Å²) in [7, 11) is 0. The topological polar surface area (TPSA) is 62.0 Å². The molecular weight excluding hydrogens is 300 g/mol. The highest BCUT2D eigenvalue weighted by molar-refractivity contribution is 6.48. The van der Waals surface area contributed by atoms with Crippen LogP contribution in [0.25, 0.3) is 10.9 Å². The summed E-state index contributed by atoms with van der Waals surface area (Å²) in [4.78, 5) is 27.4. The number of hydrogen-bond donors (Lipinski definition) is 2. The number of amides is 1. The Morgan fingerprint density at radius 1 is 1.14 bits per heavy atom. The van der Waals surface area contributed by atoms with Crippen LogP contribution >= 0.6 is 11.6 Å². The predicted molar refractivity (Wildman–Crippen MR) is 87.4 cm³/mol. The molecule has 22 heavy (non-hydrogen) atoms. The van der Waals surface area contributed by atoms with Crippen molar-refractivity contribution in [2.45, 2.75) is 6.92 Å². The Kier molecular flexibility index (Phi) is 3.69. The first-order valence-corrected chi connectivity index (χ1v) is 7.12. The molecule has 0 saturated carbocycles. The number of rotatable bonds is 3. The number of aryl methyl sites for hydroxylation is 1. The molecule has 1 heterocycles. The summed E-state index contributed by atoms with van der Waals surface area (Å²) in [5.41, 5.74) is 2.57. The summed E-state index contributed by atoms with van der Waals surface area (Å²) in [6, 6.07) is 12.5. The molecule has 0 unspecified atom stereocenters. The van der Waals surface area contributed by atoms with Crippen LogP contribution < -0.4 is 5.32 Å². The molecule has 4 nitrogen and oxygen atoms in total. The van der Waals surface area contributed by atoms with Crippen molar-refractivity contribution in [1.29, 1.82) is 0 Å². The average molecular weight is 313 g/mol. The van der Waals surface area contributed by atoms with Gasteiger partial charge in [0.25, 0.3) is 11.7 Å². The lowest BCUT2D eigenvalue weighted by atomic mass is 10.1. The number of ketones is 1. The van der Waals surface area contributed by atoms with Gasteiger partial charge in [-0.2, -0.15) is 0 Å². The zero-order chi connectivity index (χ0) is 15.7. The molecule has 0 saturated heterocycles. The highest BCUT2D eigenvalue weighted by atomic mass is 35.5. The molecule has 3 aromatic rings. The van der Waals surface area contributed by atoms with Gasteiger partial charge in [-0.05, 0) is 30.7 Å². The number of aromatic amines is 1. The number of halogens is 1. The fourth-order valence-corrected chi connectivity index (χ4v) is 2.42. The average Bonchev–Trinajstić information content (AvgIpc) is 2.94. The molecule has 0 radical (unpaired) electrons. The molecule has 0 aliphatic carbocycles. The monoisotopic (exact) mass is 312 g/mol. The number of anilines is 1. The molecule has 0 aliphatic heterocycles. The van der Waals surface area contributed by atoms with Crippen LogP contribution in [-0.2, 0) is 4.79 Å². The van der Waals surface area contributed by atoms with E-state index < -0.39 is 11.7 Å². The molecule has 0 aliphatic rings. The standard InChI is InChI=1S/C17H13ClN2O2/c1-10-6-7-11(8-14(10)18)20-17(22)16(21)13-9-19-15-5-3-2-4-12(13)15/h2-9,19H,1H3,(H,20,22). The zero-order valence-corrected chi connectivity index (χ0v) is 12.6. The lowest BCUT2D eigenvalue weighted by molar-refractivity contribution is -0.112. The van der Waals surface area contributed by atoms with Gasteiger partial charge in [-0.25, -0.2) is 0 Å². The smallest absolute Gasteiger partial charge is 0.296 e. The van der Waals surface area contributed by atoms with Crippen molar-refractivity contribution in [3.63, 3.8) is 0 Å². The lowest BCUT2D eigenvalue weighted by Gasteiger charge is -2.06. The molecule has 1 aromatic heterocycles. The minimum absolute atomic E-state index is 0.353. The second kappa shape index (κ2) is 5.66. The summed E-state index contributed by atoms with van der Waals surface area (Å²) < 4.78 is 0. The Labute approximate surface area is 132 Å². The van der Waals surface area contributed by atoms with Crippen molar-refractivity contribution in [1.82, 2.24) is 4.98 Å². The van der Waals surface area contributed by atoms with Crippen molar-refractivity contribution in [3.05, 3.63) is 64.8 Å². The SMILES string of the molecule is Cc1ccc(NC(=O)C(=O)c2c[nH]c3ccccc23)cc1Cl. The number of H-pyrrole nitrogens is 1. The van der Waals surface area contributed by atoms with E-state index in [1.54, 1.807) is 30.5 Å². The number of hydrogen-bond acceptors (Lipinski definition) is 2. The van der Waals surface area contributed by atoms with Crippen LogP contribution in [0.4, 0.5) is 5.69 Å². The van der Waals surface area contributed by atoms with Crippen LogP contribution in [0.5, 0.6) is 0 Å². The van der Waals surface area contributed by atoms with E-state index in [1.165, 1.54) is 0 Å². The van der Waals surface area contributed by atoms with Crippen LogP contribution in [0.1, 0.15) is 15.9 Å². The maximum absolute atomic E-state index is 12.3. The van der Waals surface area contributed by atoms with E-state index in [4.69, 9.17) is 11.6 Å². The van der Waals surface area contributed by atoms with E-state index in [1.807, 2.05) is 25.1 Å². The van der Waals surface area contributed by atoms with Gasteiger partial charge in [0.15, 0.2) is 0 Å². The molecule has 0 atom stereocenters. The molecule has 1 amide bonds. The summed E-state index contributed by atoms with van der Waals surface area (Å²) in [5.74, 6) is -1.28. The highest BCUT2D eigenvalue weighted by Gasteiger charge is 2.20. The quantitative estimate of drug-likeness (QED) is 0.568. The number of fused-ring (bicyclic) bond motifs is 1. The first-order valence-electron chi connectivity index (χ1n) is 6.74. The van der Waals surface area contributed by atoms with Crippen LogP contribution in [0.3, 0.4) is 0 Å². The summed E-state index contributed by atoms with van der Waals surface area (Å²) in [6.07, 6.45) is 1.55. The number of aromatic nitrogens is 1. The largest absolute Gasteiger partial charge is 0.360 e. The second-order valence-corrected chi connectivity index (χ2v) is 5.40. The number of carbonyl (C=O) groups is 2. The first-order chi connectivity index (χ1) is 10.6. The van der Waals surface area contributed by atoms with Gasteiger partial charge in [-0.1, -0.05) is 35.9 Å². The minimum atomic E-state index is -0.690. The Morgan fingerprint density at radius 3 is 2.68 bits per heavy atom. The van der Waals surface area contributed by atoms with Gasteiger partial charge in [-0.15, -0.1) is 0 Å². The van der Waals surface area contributed by atoms with Gasteiger partial charge in [0.1, 0.15) is 0 Å². The predicted octanol–water partition coefficient (Wildman–Crippen LogP) is 3.95. The van der Waals surface area contributed by atoms with Gasteiger partial charge in [0.2, 0.25) is 0 Å². The van der Waals surface area contributed by atoms with Crippen molar-refractivity contribution in [2.24, 2.45) is 0 Å². The van der Waals surface area contributed by atoms with E-state index >= 15 is 0 Å². The fraction of sp³-hybridized carbons (Fsp3) is 0.0588. The molecule has 3 rings (SSSR count). The number of carbonyl (C=O) groups excluding carboxylic acids is 2. The highest BCUT2D eigenvalue weighted by Crippen LogP contribution is 2.21. The van der Waals surface area contributed by atoms with Gasteiger partial charge in [0.05, 0.1) is 5.56 Å². The van der Waals surface area contributed by atoms with Crippen LogP contribution in [0.15, 0.2) is 48.7 Å². The van der Waals surface area contributed by atoms with Crippen LogP contribution in [0, 0.1) is 6.92 Å². The summed E-state index contributed by atoms with van der Waals surface area (Å²) >= 11 is 6.01. The zero-order valence-electron chi connectivity index (χ0n) is 11.8. The Balaban J connectivity index is 1.85. The Morgan fingerprint density at radius 2 is 1.91 bits per heavy atom. The summed E-state index contributed by atoms with van der Waals surface area (Å²) in [6.45, 7) is 1.87. The van der Waals surface area contributed by atoms with Crippen molar-refractivity contribution < 1.29 is 9.59 Å². The van der Waals surface area contributed by atoms with E-state index in [0.717, 1.165) is 16.5 Å². The summed E-state index contributed by atoms with van der Waals surface area (Å²) in [5, 5.41) is 3.84.